The summed E-state index contributed by atoms with van der Waals surface area (Å²) in [6.45, 7) is 3.87. The number of amides is 1. The summed E-state index contributed by atoms with van der Waals surface area (Å²) in [5, 5.41) is 4.94. The number of carbonyl (C=O) groups is 1. The van der Waals surface area contributed by atoms with Crippen molar-refractivity contribution in [3.8, 4) is 0 Å². The topological polar surface area (TPSA) is 41.1 Å². The first-order valence-corrected chi connectivity index (χ1v) is 7.52. The number of hydrogen-bond donors (Lipinski definition) is 2. The fourth-order valence-corrected chi connectivity index (χ4v) is 2.28. The highest BCUT2D eigenvalue weighted by atomic mass is 35.5. The Hall–Kier alpha value is -2.21. The Labute approximate surface area is 142 Å². The van der Waals surface area contributed by atoms with Gasteiger partial charge in [-0.05, 0) is 55.3 Å². The van der Waals surface area contributed by atoms with Crippen LogP contribution in [0.25, 0.3) is 0 Å². The van der Waals surface area contributed by atoms with Crippen molar-refractivity contribution >= 4 is 28.9 Å². The van der Waals surface area contributed by atoms with Gasteiger partial charge in [0, 0.05) is 11.4 Å². The summed E-state index contributed by atoms with van der Waals surface area (Å²) >= 11 is 5.54. The van der Waals surface area contributed by atoms with E-state index >= 15 is 0 Å². The Morgan fingerprint density at radius 2 is 1.71 bits per heavy atom. The Morgan fingerprint density at radius 1 is 1.04 bits per heavy atom. The Balaban J connectivity index is 2.01. The van der Waals surface area contributed by atoms with E-state index in [4.69, 9.17) is 11.6 Å². The molecule has 0 saturated heterocycles. The van der Waals surface area contributed by atoms with Crippen LogP contribution in [0.4, 0.5) is 24.5 Å². The molecule has 0 spiro atoms. The zero-order valence-electron chi connectivity index (χ0n) is 13.1. The van der Waals surface area contributed by atoms with E-state index in [1.165, 1.54) is 6.07 Å². The third-order valence-corrected chi connectivity index (χ3v) is 3.85. The highest BCUT2D eigenvalue weighted by Crippen LogP contribution is 2.36. The quantitative estimate of drug-likeness (QED) is 0.807. The number of nitrogens with one attached hydrogen (secondary N) is 2. The van der Waals surface area contributed by atoms with E-state index in [0.717, 1.165) is 28.9 Å². The van der Waals surface area contributed by atoms with Crippen LogP contribution < -0.4 is 10.6 Å². The number of halogens is 4. The van der Waals surface area contributed by atoms with E-state index in [1.807, 2.05) is 32.0 Å². The average Bonchev–Trinajstić information content (AvgIpc) is 2.49. The lowest BCUT2D eigenvalue weighted by Crippen LogP contribution is -2.22. The number of alkyl halides is 3. The van der Waals surface area contributed by atoms with Crippen LogP contribution in [0, 0.1) is 13.8 Å². The molecule has 0 aromatic heterocycles. The van der Waals surface area contributed by atoms with Crippen molar-refractivity contribution in [2.24, 2.45) is 0 Å². The smallest absolute Gasteiger partial charge is 0.376 e. The maximum absolute atomic E-state index is 12.8. The molecule has 2 N–H and O–H groups in total. The van der Waals surface area contributed by atoms with Crippen LogP contribution >= 0.6 is 11.6 Å². The summed E-state index contributed by atoms with van der Waals surface area (Å²) in [5.41, 5.74) is 2.03. The number of anilines is 2. The van der Waals surface area contributed by atoms with Crippen LogP contribution in [-0.2, 0) is 11.0 Å². The maximum Gasteiger partial charge on any atom is 0.417 e. The molecule has 1 amide bonds. The molecule has 2 aromatic carbocycles. The molecular formula is C17H16ClF3N2O. The highest BCUT2D eigenvalue weighted by Gasteiger charge is 2.33. The summed E-state index contributed by atoms with van der Waals surface area (Å²) in [4.78, 5) is 11.9. The monoisotopic (exact) mass is 356 g/mol. The van der Waals surface area contributed by atoms with Crippen LogP contribution in [0.5, 0.6) is 0 Å². The molecule has 0 fully saturated rings. The molecule has 0 bridgehead atoms. The highest BCUT2D eigenvalue weighted by molar-refractivity contribution is 6.31. The summed E-state index contributed by atoms with van der Waals surface area (Å²) in [6, 6.07) is 8.90. The van der Waals surface area contributed by atoms with Crippen molar-refractivity contribution in [3.05, 3.63) is 58.1 Å². The number of aryl methyl sites for hydroxylation is 2. The molecule has 2 rings (SSSR count). The van der Waals surface area contributed by atoms with Gasteiger partial charge >= 0.3 is 6.18 Å². The van der Waals surface area contributed by atoms with Crippen LogP contribution in [-0.4, -0.2) is 12.5 Å². The second kappa shape index (κ2) is 7.13. The first-order chi connectivity index (χ1) is 11.2. The van der Waals surface area contributed by atoms with Crippen LogP contribution in [0.1, 0.15) is 16.7 Å². The SMILES string of the molecule is Cc1ccc(NCC(=O)Nc2ccc(Cl)c(C(F)(F)F)c2)cc1C. The molecule has 0 heterocycles. The molecule has 128 valence electrons. The van der Waals surface area contributed by atoms with Gasteiger partial charge in [0.2, 0.25) is 5.91 Å². The normalized spacial score (nSPS) is 11.2. The van der Waals surface area contributed by atoms with Gasteiger partial charge in [-0.25, -0.2) is 0 Å². The second-order valence-corrected chi connectivity index (χ2v) is 5.80. The minimum Gasteiger partial charge on any atom is -0.376 e. The zero-order valence-corrected chi connectivity index (χ0v) is 13.8. The van der Waals surface area contributed by atoms with E-state index < -0.39 is 22.7 Å². The van der Waals surface area contributed by atoms with Gasteiger partial charge in [-0.3, -0.25) is 4.79 Å². The molecular weight excluding hydrogens is 341 g/mol. The van der Waals surface area contributed by atoms with Crippen LogP contribution in [0.2, 0.25) is 5.02 Å². The lowest BCUT2D eigenvalue weighted by Gasteiger charge is -2.12. The third-order valence-electron chi connectivity index (χ3n) is 3.52. The van der Waals surface area contributed by atoms with Crippen LogP contribution in [0.15, 0.2) is 36.4 Å². The molecule has 0 unspecified atom stereocenters. The van der Waals surface area contributed by atoms with E-state index in [9.17, 15) is 18.0 Å². The van der Waals surface area contributed by atoms with Crippen LogP contribution in [0.3, 0.4) is 0 Å². The molecule has 0 saturated carbocycles. The fourth-order valence-electron chi connectivity index (χ4n) is 2.06. The summed E-state index contributed by atoms with van der Waals surface area (Å²) in [7, 11) is 0. The average molecular weight is 357 g/mol. The first-order valence-electron chi connectivity index (χ1n) is 7.14. The van der Waals surface area contributed by atoms with Crippen molar-refractivity contribution in [3.63, 3.8) is 0 Å². The molecule has 0 radical (unpaired) electrons. The predicted molar refractivity (Wildman–Crippen MR) is 89.5 cm³/mol. The second-order valence-electron chi connectivity index (χ2n) is 5.39. The van der Waals surface area contributed by atoms with E-state index in [1.54, 1.807) is 0 Å². The Bertz CT molecular complexity index is 760. The lowest BCUT2D eigenvalue weighted by molar-refractivity contribution is -0.137. The summed E-state index contributed by atoms with van der Waals surface area (Å²) in [6.07, 6.45) is -4.57. The van der Waals surface area contributed by atoms with Crippen molar-refractivity contribution in [2.45, 2.75) is 20.0 Å². The van der Waals surface area contributed by atoms with Gasteiger partial charge in [0.25, 0.3) is 0 Å². The van der Waals surface area contributed by atoms with E-state index in [2.05, 4.69) is 10.6 Å². The van der Waals surface area contributed by atoms with Gasteiger partial charge in [0.05, 0.1) is 17.1 Å². The van der Waals surface area contributed by atoms with Crippen molar-refractivity contribution < 1.29 is 18.0 Å². The molecule has 0 aliphatic rings. The largest absolute Gasteiger partial charge is 0.417 e. The third kappa shape index (κ3) is 4.64. The van der Waals surface area contributed by atoms with Gasteiger partial charge in [0.15, 0.2) is 0 Å². The zero-order chi connectivity index (χ0) is 17.9. The molecule has 2 aromatic rings. The van der Waals surface area contributed by atoms with Gasteiger partial charge in [-0.1, -0.05) is 17.7 Å². The summed E-state index contributed by atoms with van der Waals surface area (Å²) < 4.78 is 38.4. The Kier molecular flexibility index (Phi) is 5.39. The standard InChI is InChI=1S/C17H16ClF3N2O/c1-10-3-4-12(7-11(10)2)22-9-16(24)23-13-5-6-15(18)14(8-13)17(19,20)21/h3-8,22H,9H2,1-2H3,(H,23,24). The van der Waals surface area contributed by atoms with E-state index in [0.29, 0.717) is 0 Å². The number of benzene rings is 2. The molecule has 0 aliphatic heterocycles. The first kappa shape index (κ1) is 18.1. The molecule has 24 heavy (non-hydrogen) atoms. The molecule has 0 aliphatic carbocycles. The molecule has 0 atom stereocenters. The van der Waals surface area contributed by atoms with Gasteiger partial charge in [0.1, 0.15) is 0 Å². The van der Waals surface area contributed by atoms with Crippen molar-refractivity contribution in [2.75, 3.05) is 17.2 Å². The Morgan fingerprint density at radius 3 is 2.33 bits per heavy atom. The summed E-state index contributed by atoms with van der Waals surface area (Å²) in [5.74, 6) is -0.455. The minimum atomic E-state index is -4.57. The fraction of sp³-hybridized carbons (Fsp3) is 0.235. The van der Waals surface area contributed by atoms with Gasteiger partial charge < -0.3 is 10.6 Å². The number of rotatable bonds is 4. The van der Waals surface area contributed by atoms with Crippen molar-refractivity contribution in [1.29, 1.82) is 0 Å². The van der Waals surface area contributed by atoms with E-state index in [-0.39, 0.29) is 12.2 Å². The molecule has 7 heteroatoms. The van der Waals surface area contributed by atoms with Crippen molar-refractivity contribution in [1.82, 2.24) is 0 Å². The maximum atomic E-state index is 12.8. The van der Waals surface area contributed by atoms with Gasteiger partial charge in [-0.15, -0.1) is 0 Å². The lowest BCUT2D eigenvalue weighted by atomic mass is 10.1. The minimum absolute atomic E-state index is 0.0404. The predicted octanol–water partition coefficient (Wildman–Crippen LogP) is 5.03. The number of hydrogen-bond acceptors (Lipinski definition) is 2. The van der Waals surface area contributed by atoms with Gasteiger partial charge in [-0.2, -0.15) is 13.2 Å². The number of carbonyl (C=O) groups excluding carboxylic acids is 1. The molecule has 3 nitrogen and oxygen atoms in total.